The summed E-state index contributed by atoms with van der Waals surface area (Å²) in [6.07, 6.45) is 0. The molecule has 1 N–H and O–H groups in total. The minimum Gasteiger partial charge on any atom is -0.322 e. The van der Waals surface area contributed by atoms with Crippen LogP contribution in [0.5, 0.6) is 0 Å². The van der Waals surface area contributed by atoms with Gasteiger partial charge in [0.2, 0.25) is 5.56 Å². The van der Waals surface area contributed by atoms with E-state index in [0.29, 0.717) is 5.02 Å². The van der Waals surface area contributed by atoms with Crippen LogP contribution in [0, 0.1) is 0 Å². The zero-order valence-corrected chi connectivity index (χ0v) is 12.1. The SMILES string of the molecule is O=c1cc(-c2ccc(Cl)cc2)c2cc(Br)ccc2[nH]1. The molecule has 0 saturated carbocycles. The average molecular weight is 335 g/mol. The number of pyridine rings is 1. The van der Waals surface area contributed by atoms with Gasteiger partial charge in [0.15, 0.2) is 0 Å². The van der Waals surface area contributed by atoms with Crippen molar-refractivity contribution in [2.24, 2.45) is 0 Å². The van der Waals surface area contributed by atoms with E-state index in [1.807, 2.05) is 42.5 Å². The Bertz CT molecular complexity index is 808. The van der Waals surface area contributed by atoms with Crippen LogP contribution >= 0.6 is 27.5 Å². The second kappa shape index (κ2) is 4.83. The van der Waals surface area contributed by atoms with Crippen LogP contribution in [-0.2, 0) is 0 Å². The third-order valence-electron chi connectivity index (χ3n) is 2.96. The Morgan fingerprint density at radius 1 is 1.00 bits per heavy atom. The van der Waals surface area contributed by atoms with Crippen LogP contribution in [0.15, 0.2) is 57.8 Å². The Morgan fingerprint density at radius 3 is 2.47 bits per heavy atom. The van der Waals surface area contributed by atoms with Crippen molar-refractivity contribution in [2.75, 3.05) is 0 Å². The van der Waals surface area contributed by atoms with E-state index >= 15 is 0 Å². The first kappa shape index (κ1) is 12.5. The van der Waals surface area contributed by atoms with E-state index in [0.717, 1.165) is 26.5 Å². The molecule has 1 aromatic heterocycles. The molecular formula is C15H9BrClNO. The molecule has 0 aliphatic rings. The highest BCUT2D eigenvalue weighted by Gasteiger charge is 2.06. The van der Waals surface area contributed by atoms with Crippen molar-refractivity contribution in [1.29, 1.82) is 0 Å². The van der Waals surface area contributed by atoms with Crippen LogP contribution < -0.4 is 5.56 Å². The molecule has 0 atom stereocenters. The minimum atomic E-state index is -0.111. The highest BCUT2D eigenvalue weighted by molar-refractivity contribution is 9.10. The van der Waals surface area contributed by atoms with E-state index in [1.165, 1.54) is 0 Å². The number of halogens is 2. The van der Waals surface area contributed by atoms with Gasteiger partial charge in [0, 0.05) is 26.5 Å². The Labute approximate surface area is 123 Å². The molecule has 0 radical (unpaired) electrons. The zero-order valence-electron chi connectivity index (χ0n) is 9.78. The minimum absolute atomic E-state index is 0.111. The molecule has 0 spiro atoms. The van der Waals surface area contributed by atoms with Gasteiger partial charge in [-0.2, -0.15) is 0 Å². The number of aromatic nitrogens is 1. The Balaban J connectivity index is 2.35. The van der Waals surface area contributed by atoms with Crippen molar-refractivity contribution in [3.63, 3.8) is 0 Å². The predicted molar refractivity (Wildman–Crippen MR) is 82.7 cm³/mol. The zero-order chi connectivity index (χ0) is 13.4. The van der Waals surface area contributed by atoms with Crippen molar-refractivity contribution < 1.29 is 0 Å². The number of fused-ring (bicyclic) bond motifs is 1. The topological polar surface area (TPSA) is 32.9 Å². The molecule has 0 aliphatic carbocycles. The van der Waals surface area contributed by atoms with E-state index in [2.05, 4.69) is 20.9 Å². The average Bonchev–Trinajstić information content (AvgIpc) is 2.39. The van der Waals surface area contributed by atoms with Gasteiger partial charge in [0.05, 0.1) is 0 Å². The predicted octanol–water partition coefficient (Wildman–Crippen LogP) is 4.61. The van der Waals surface area contributed by atoms with Gasteiger partial charge in [-0.3, -0.25) is 4.79 Å². The summed E-state index contributed by atoms with van der Waals surface area (Å²) in [5.74, 6) is 0. The molecule has 2 aromatic carbocycles. The van der Waals surface area contributed by atoms with Gasteiger partial charge in [-0.05, 0) is 41.5 Å². The molecule has 3 rings (SSSR count). The lowest BCUT2D eigenvalue weighted by atomic mass is 10.0. The number of benzene rings is 2. The van der Waals surface area contributed by atoms with Crippen LogP contribution in [0.3, 0.4) is 0 Å². The molecule has 0 unspecified atom stereocenters. The molecule has 0 saturated heterocycles. The third kappa shape index (κ3) is 2.44. The van der Waals surface area contributed by atoms with Crippen molar-refractivity contribution in [1.82, 2.24) is 4.98 Å². The van der Waals surface area contributed by atoms with Gasteiger partial charge in [-0.15, -0.1) is 0 Å². The highest BCUT2D eigenvalue weighted by atomic mass is 79.9. The molecular weight excluding hydrogens is 326 g/mol. The van der Waals surface area contributed by atoms with Gasteiger partial charge in [-0.25, -0.2) is 0 Å². The molecule has 0 fully saturated rings. The molecule has 4 heteroatoms. The standard InChI is InChI=1S/C15H9BrClNO/c16-10-3-6-14-13(7-10)12(8-15(19)18-14)9-1-4-11(17)5-2-9/h1-8H,(H,18,19). The van der Waals surface area contributed by atoms with Gasteiger partial charge >= 0.3 is 0 Å². The summed E-state index contributed by atoms with van der Waals surface area (Å²) < 4.78 is 0.974. The largest absolute Gasteiger partial charge is 0.322 e. The lowest BCUT2D eigenvalue weighted by Gasteiger charge is -2.07. The van der Waals surface area contributed by atoms with Crippen LogP contribution in [0.25, 0.3) is 22.0 Å². The Kier molecular flexibility index (Phi) is 3.17. The van der Waals surface area contributed by atoms with Gasteiger partial charge < -0.3 is 4.98 Å². The lowest BCUT2D eigenvalue weighted by molar-refractivity contribution is 1.31. The molecule has 94 valence electrons. The summed E-state index contributed by atoms with van der Waals surface area (Å²) in [6, 6.07) is 14.9. The van der Waals surface area contributed by atoms with E-state index in [9.17, 15) is 4.79 Å². The first-order valence-electron chi connectivity index (χ1n) is 5.72. The number of hydrogen-bond donors (Lipinski definition) is 1. The number of hydrogen-bond acceptors (Lipinski definition) is 1. The molecule has 1 heterocycles. The summed E-state index contributed by atoms with van der Waals surface area (Å²) in [4.78, 5) is 14.6. The van der Waals surface area contributed by atoms with Gasteiger partial charge in [0.1, 0.15) is 0 Å². The van der Waals surface area contributed by atoms with Gasteiger partial charge in [-0.1, -0.05) is 39.7 Å². The monoisotopic (exact) mass is 333 g/mol. The fraction of sp³-hybridized carbons (Fsp3) is 0. The van der Waals surface area contributed by atoms with Crippen LogP contribution in [0.1, 0.15) is 0 Å². The number of rotatable bonds is 1. The van der Waals surface area contributed by atoms with E-state index in [1.54, 1.807) is 6.07 Å². The van der Waals surface area contributed by atoms with E-state index < -0.39 is 0 Å². The van der Waals surface area contributed by atoms with Crippen molar-refractivity contribution in [3.8, 4) is 11.1 Å². The van der Waals surface area contributed by atoms with Crippen molar-refractivity contribution in [2.45, 2.75) is 0 Å². The maximum atomic E-state index is 11.7. The molecule has 0 aliphatic heterocycles. The molecule has 19 heavy (non-hydrogen) atoms. The summed E-state index contributed by atoms with van der Waals surface area (Å²) >= 11 is 9.35. The smallest absolute Gasteiger partial charge is 0.249 e. The molecule has 3 aromatic rings. The number of nitrogens with one attached hydrogen (secondary N) is 1. The number of H-pyrrole nitrogens is 1. The fourth-order valence-electron chi connectivity index (χ4n) is 2.09. The summed E-state index contributed by atoms with van der Waals surface area (Å²) in [6.45, 7) is 0. The van der Waals surface area contributed by atoms with Crippen molar-refractivity contribution in [3.05, 3.63) is 68.4 Å². The molecule has 0 bridgehead atoms. The molecule has 2 nitrogen and oxygen atoms in total. The first-order chi connectivity index (χ1) is 9.13. The fourth-order valence-corrected chi connectivity index (χ4v) is 2.58. The second-order valence-corrected chi connectivity index (χ2v) is 5.60. The lowest BCUT2D eigenvalue weighted by Crippen LogP contribution is -2.04. The Morgan fingerprint density at radius 2 is 1.74 bits per heavy atom. The third-order valence-corrected chi connectivity index (χ3v) is 3.71. The summed E-state index contributed by atoms with van der Waals surface area (Å²) in [5, 5.41) is 1.68. The second-order valence-electron chi connectivity index (χ2n) is 4.24. The maximum absolute atomic E-state index is 11.7. The quantitative estimate of drug-likeness (QED) is 0.692. The maximum Gasteiger partial charge on any atom is 0.249 e. The normalized spacial score (nSPS) is 10.8. The highest BCUT2D eigenvalue weighted by Crippen LogP contribution is 2.29. The van der Waals surface area contributed by atoms with Crippen LogP contribution in [-0.4, -0.2) is 4.98 Å². The summed E-state index contributed by atoms with van der Waals surface area (Å²) in [5.41, 5.74) is 2.58. The Hall–Kier alpha value is -1.58. The van der Waals surface area contributed by atoms with Gasteiger partial charge in [0.25, 0.3) is 0 Å². The van der Waals surface area contributed by atoms with E-state index in [-0.39, 0.29) is 5.56 Å². The summed E-state index contributed by atoms with van der Waals surface area (Å²) in [7, 11) is 0. The van der Waals surface area contributed by atoms with Crippen molar-refractivity contribution >= 4 is 38.4 Å². The van der Waals surface area contributed by atoms with E-state index in [4.69, 9.17) is 11.6 Å². The van der Waals surface area contributed by atoms with Crippen LogP contribution in [0.4, 0.5) is 0 Å². The first-order valence-corrected chi connectivity index (χ1v) is 6.89. The number of aromatic amines is 1. The van der Waals surface area contributed by atoms with Crippen LogP contribution in [0.2, 0.25) is 5.02 Å². The molecule has 0 amide bonds.